The van der Waals surface area contributed by atoms with Crippen LogP contribution in [0.3, 0.4) is 0 Å². The number of benzene rings is 2. The highest BCUT2D eigenvalue weighted by atomic mass is 32.2. The van der Waals surface area contributed by atoms with Crippen molar-refractivity contribution in [2.45, 2.75) is 11.4 Å². The largest absolute Gasteiger partial charge is 0.348 e. The molecule has 0 aromatic heterocycles. The molecule has 0 saturated carbocycles. The summed E-state index contributed by atoms with van der Waals surface area (Å²) in [4.78, 5) is 16.8. The van der Waals surface area contributed by atoms with E-state index in [9.17, 15) is 17.6 Å². The van der Waals surface area contributed by atoms with Crippen LogP contribution in [-0.2, 0) is 21.4 Å². The van der Waals surface area contributed by atoms with Gasteiger partial charge in [0.05, 0.1) is 12.0 Å². The maximum atomic E-state index is 12.8. The first-order chi connectivity index (χ1) is 11.3. The van der Waals surface area contributed by atoms with Gasteiger partial charge >= 0.3 is 0 Å². The molecule has 128 valence electrons. The van der Waals surface area contributed by atoms with Gasteiger partial charge in [0, 0.05) is 19.2 Å². The maximum absolute atomic E-state index is 12.8. The molecule has 0 aliphatic carbocycles. The van der Waals surface area contributed by atoms with Crippen molar-refractivity contribution in [2.75, 3.05) is 14.2 Å². The van der Waals surface area contributed by atoms with Gasteiger partial charge in [0.2, 0.25) is 0 Å². The monoisotopic (exact) mass is 352 g/mol. The van der Waals surface area contributed by atoms with Crippen molar-refractivity contribution in [2.24, 2.45) is 0 Å². The molecular formula is C16H17FN2O4S. The average Bonchev–Trinajstić information content (AvgIpc) is 2.60. The fraction of sp³-hybridized carbons (Fsp3) is 0.188. The Kier molecular flexibility index (Phi) is 5.66. The van der Waals surface area contributed by atoms with Crippen molar-refractivity contribution in [3.05, 3.63) is 65.5 Å². The van der Waals surface area contributed by atoms with Crippen molar-refractivity contribution >= 4 is 15.9 Å². The number of hydrogen-bond donors (Lipinski definition) is 1. The van der Waals surface area contributed by atoms with Crippen LogP contribution in [0.25, 0.3) is 0 Å². The Morgan fingerprint density at radius 2 is 1.88 bits per heavy atom. The van der Waals surface area contributed by atoms with Crippen LogP contribution < -0.4 is 5.32 Å². The summed E-state index contributed by atoms with van der Waals surface area (Å²) in [5.41, 5.74) is 0.926. The van der Waals surface area contributed by atoms with Gasteiger partial charge in [-0.15, -0.1) is 0 Å². The highest BCUT2D eigenvalue weighted by Crippen LogP contribution is 2.16. The molecule has 2 rings (SSSR count). The quantitative estimate of drug-likeness (QED) is 0.806. The summed E-state index contributed by atoms with van der Waals surface area (Å²) in [5.74, 6) is -0.790. The number of hydroxylamine groups is 1. The van der Waals surface area contributed by atoms with Gasteiger partial charge in [-0.25, -0.2) is 12.8 Å². The van der Waals surface area contributed by atoms with Gasteiger partial charge in [-0.3, -0.25) is 9.63 Å². The van der Waals surface area contributed by atoms with E-state index in [0.717, 1.165) is 5.56 Å². The van der Waals surface area contributed by atoms with E-state index in [2.05, 4.69) is 5.32 Å². The fourth-order valence-corrected chi connectivity index (χ4v) is 2.95. The molecule has 0 fully saturated rings. The molecule has 1 N–H and O–H groups in total. The Morgan fingerprint density at radius 3 is 2.50 bits per heavy atom. The molecule has 8 heteroatoms. The summed E-state index contributed by atoms with van der Waals surface area (Å²) in [5, 5.41) is 2.66. The van der Waals surface area contributed by atoms with Crippen molar-refractivity contribution in [1.29, 1.82) is 0 Å². The molecule has 0 unspecified atom stereocenters. The molecule has 0 radical (unpaired) electrons. The van der Waals surface area contributed by atoms with Crippen molar-refractivity contribution in [1.82, 2.24) is 9.79 Å². The highest BCUT2D eigenvalue weighted by molar-refractivity contribution is 7.89. The summed E-state index contributed by atoms with van der Waals surface area (Å²) >= 11 is 0. The van der Waals surface area contributed by atoms with Crippen LogP contribution in [0.4, 0.5) is 4.39 Å². The first-order valence-electron chi connectivity index (χ1n) is 7.00. The zero-order chi connectivity index (χ0) is 17.7. The van der Waals surface area contributed by atoms with Crippen LogP contribution >= 0.6 is 0 Å². The number of sulfonamides is 1. The van der Waals surface area contributed by atoms with Crippen LogP contribution in [0.5, 0.6) is 0 Å². The van der Waals surface area contributed by atoms with Gasteiger partial charge in [0.1, 0.15) is 5.82 Å². The molecule has 1 amide bonds. The van der Waals surface area contributed by atoms with Crippen molar-refractivity contribution < 1.29 is 22.4 Å². The zero-order valence-corrected chi connectivity index (χ0v) is 14.0. The third kappa shape index (κ3) is 4.16. The van der Waals surface area contributed by atoms with Gasteiger partial charge in [-0.1, -0.05) is 22.7 Å². The molecule has 0 saturated heterocycles. The van der Waals surface area contributed by atoms with Crippen LogP contribution in [0.15, 0.2) is 53.4 Å². The minimum atomic E-state index is -3.83. The van der Waals surface area contributed by atoms with E-state index in [1.165, 1.54) is 50.6 Å². The molecule has 2 aromatic rings. The molecule has 0 aliphatic heterocycles. The third-order valence-electron chi connectivity index (χ3n) is 3.36. The number of nitrogens with one attached hydrogen (secondary N) is 1. The minimum Gasteiger partial charge on any atom is -0.348 e. The summed E-state index contributed by atoms with van der Waals surface area (Å²) < 4.78 is 37.9. The summed E-state index contributed by atoms with van der Waals surface area (Å²) in [7, 11) is -1.33. The van der Waals surface area contributed by atoms with E-state index in [1.807, 2.05) is 0 Å². The third-order valence-corrected chi connectivity index (χ3v) is 5.03. The van der Waals surface area contributed by atoms with Gasteiger partial charge in [0.25, 0.3) is 15.9 Å². The first kappa shape index (κ1) is 18.1. The van der Waals surface area contributed by atoms with E-state index >= 15 is 0 Å². The second kappa shape index (κ2) is 7.52. The van der Waals surface area contributed by atoms with Gasteiger partial charge in [0.15, 0.2) is 0 Å². The lowest BCUT2D eigenvalue weighted by molar-refractivity contribution is -0.0258. The lowest BCUT2D eigenvalue weighted by atomic mass is 10.2. The summed E-state index contributed by atoms with van der Waals surface area (Å²) in [6, 6.07) is 11.3. The minimum absolute atomic E-state index is 0.0544. The van der Waals surface area contributed by atoms with Crippen LogP contribution in [0.1, 0.15) is 15.9 Å². The van der Waals surface area contributed by atoms with E-state index in [0.29, 0.717) is 4.47 Å². The highest BCUT2D eigenvalue weighted by Gasteiger charge is 2.21. The molecular weight excluding hydrogens is 335 g/mol. The number of halogens is 1. The first-order valence-corrected chi connectivity index (χ1v) is 8.44. The van der Waals surface area contributed by atoms with Crippen molar-refractivity contribution in [3.8, 4) is 0 Å². The second-order valence-corrected chi connectivity index (χ2v) is 6.87. The lowest BCUT2D eigenvalue weighted by Crippen LogP contribution is -2.27. The van der Waals surface area contributed by atoms with E-state index in [1.54, 1.807) is 12.1 Å². The molecule has 2 aromatic carbocycles. The Bertz CT molecular complexity index is 822. The maximum Gasteiger partial charge on any atom is 0.264 e. The predicted octanol–water partition coefficient (Wildman–Crippen LogP) is 1.94. The average molecular weight is 352 g/mol. The van der Waals surface area contributed by atoms with E-state index < -0.39 is 15.9 Å². The fourth-order valence-electron chi connectivity index (χ4n) is 1.93. The molecule has 0 aliphatic rings. The predicted molar refractivity (Wildman–Crippen MR) is 86.0 cm³/mol. The summed E-state index contributed by atoms with van der Waals surface area (Å²) in [6.07, 6.45) is 0. The van der Waals surface area contributed by atoms with E-state index in [4.69, 9.17) is 4.84 Å². The van der Waals surface area contributed by atoms with Gasteiger partial charge < -0.3 is 5.32 Å². The summed E-state index contributed by atoms with van der Waals surface area (Å²) in [6.45, 7) is 0.202. The van der Waals surface area contributed by atoms with E-state index in [-0.39, 0.29) is 22.8 Å². The Hall–Kier alpha value is -2.29. The van der Waals surface area contributed by atoms with Gasteiger partial charge in [-0.2, -0.15) is 0 Å². The molecule has 0 heterocycles. The number of carbonyl (C=O) groups is 1. The molecule has 24 heavy (non-hydrogen) atoms. The number of rotatable bonds is 6. The molecule has 0 spiro atoms. The van der Waals surface area contributed by atoms with Crippen molar-refractivity contribution in [3.63, 3.8) is 0 Å². The normalized spacial score (nSPS) is 11.5. The molecule has 0 bridgehead atoms. The van der Waals surface area contributed by atoms with Gasteiger partial charge in [-0.05, 0) is 35.9 Å². The number of hydrogen-bond acceptors (Lipinski definition) is 4. The molecule has 0 atom stereocenters. The smallest absolute Gasteiger partial charge is 0.264 e. The lowest BCUT2D eigenvalue weighted by Gasteiger charge is -2.14. The van der Waals surface area contributed by atoms with Crippen LogP contribution in [-0.4, -0.2) is 33.0 Å². The number of nitrogens with zero attached hydrogens (tertiary/aromatic N) is 1. The zero-order valence-electron chi connectivity index (χ0n) is 13.2. The molecule has 6 nitrogen and oxygen atoms in total. The SMILES string of the molecule is CON(C)S(=O)(=O)c1cccc(C(=O)NCc2ccc(F)cc2)c1. The Labute approximate surface area is 139 Å². The second-order valence-electron chi connectivity index (χ2n) is 4.93. The Balaban J connectivity index is 2.13. The van der Waals surface area contributed by atoms with Crippen LogP contribution in [0, 0.1) is 5.82 Å². The standard InChI is InChI=1S/C16H17FN2O4S/c1-19(23-2)24(21,22)15-5-3-4-13(10-15)16(20)18-11-12-6-8-14(17)9-7-12/h3-10H,11H2,1-2H3,(H,18,20). The Morgan fingerprint density at radius 1 is 1.21 bits per heavy atom. The number of amides is 1. The topological polar surface area (TPSA) is 75.7 Å². The number of carbonyl (C=O) groups excluding carboxylic acids is 1. The van der Waals surface area contributed by atoms with Crippen LogP contribution in [0.2, 0.25) is 0 Å².